The summed E-state index contributed by atoms with van der Waals surface area (Å²) in [5, 5.41) is 24.7. The van der Waals surface area contributed by atoms with Gasteiger partial charge in [-0.3, -0.25) is 4.79 Å². The molecule has 0 saturated carbocycles. The third-order valence-corrected chi connectivity index (χ3v) is 14.4. The van der Waals surface area contributed by atoms with Crippen LogP contribution in [0.2, 0.25) is 51.4 Å². The van der Waals surface area contributed by atoms with E-state index in [0.29, 0.717) is 48.6 Å². The Bertz CT molecular complexity index is 1970. The van der Waals surface area contributed by atoms with Crippen molar-refractivity contribution in [2.24, 2.45) is 0 Å². The molecule has 3 aromatic rings. The van der Waals surface area contributed by atoms with Crippen LogP contribution < -0.4 is 9.91 Å². The molecule has 0 aliphatic carbocycles. The van der Waals surface area contributed by atoms with E-state index in [4.69, 9.17) is 24.3 Å². The number of rotatable bonds is 14. The molecule has 3 aromatic heterocycles. The van der Waals surface area contributed by atoms with E-state index >= 15 is 0 Å². The number of carbonyl (C=O) groups excluding carboxylic acids is 2. The minimum Gasteiger partial charge on any atom is -0.463 e. The number of carboxylic acid groups (broad SMARTS) is 2. The van der Waals surface area contributed by atoms with Crippen LogP contribution >= 0.6 is 15.9 Å². The van der Waals surface area contributed by atoms with Gasteiger partial charge in [0.15, 0.2) is 17.3 Å². The number of hydrogen-bond acceptors (Lipinski definition) is 11. The van der Waals surface area contributed by atoms with Crippen molar-refractivity contribution in [3.63, 3.8) is 0 Å². The van der Waals surface area contributed by atoms with E-state index in [1.807, 2.05) is 30.6 Å². The van der Waals surface area contributed by atoms with E-state index in [9.17, 15) is 29.4 Å². The molecule has 4 amide bonds. The average Bonchev–Trinajstić information content (AvgIpc) is 3.65. The third kappa shape index (κ3) is 11.4. The van der Waals surface area contributed by atoms with Gasteiger partial charge in [0.25, 0.3) is 0 Å². The maximum atomic E-state index is 13.4. The fourth-order valence-corrected chi connectivity index (χ4v) is 9.66. The molecule has 2 aliphatic heterocycles. The van der Waals surface area contributed by atoms with E-state index < -0.39 is 39.8 Å². The largest absolute Gasteiger partial charge is 0.463 e. The number of carbonyl (C=O) groups is 4. The lowest BCUT2D eigenvalue weighted by Crippen LogP contribution is -2.51. The van der Waals surface area contributed by atoms with Gasteiger partial charge in [0.1, 0.15) is 19.1 Å². The van der Waals surface area contributed by atoms with Crippen molar-refractivity contribution in [3.8, 4) is 11.1 Å². The molecular formula is C39H59BrN8O9Si2. The highest BCUT2D eigenvalue weighted by Gasteiger charge is 2.46. The summed E-state index contributed by atoms with van der Waals surface area (Å²) in [6, 6.07) is 4.83. The zero-order valence-corrected chi connectivity index (χ0v) is 39.4. The van der Waals surface area contributed by atoms with Crippen molar-refractivity contribution in [1.82, 2.24) is 29.5 Å². The van der Waals surface area contributed by atoms with Crippen molar-refractivity contribution in [2.45, 2.75) is 128 Å². The number of ether oxygens (including phenoxy) is 3. The van der Waals surface area contributed by atoms with Gasteiger partial charge in [-0.05, 0) is 86.6 Å². The molecule has 2 N–H and O–H groups in total. The first-order valence-electron chi connectivity index (χ1n) is 20.0. The molecule has 2 aliphatic rings. The zero-order chi connectivity index (χ0) is 43.6. The van der Waals surface area contributed by atoms with Gasteiger partial charge in [-0.1, -0.05) is 39.3 Å². The van der Waals surface area contributed by atoms with Crippen LogP contribution in [0.3, 0.4) is 0 Å². The Morgan fingerprint density at radius 1 is 0.898 bits per heavy atom. The summed E-state index contributed by atoms with van der Waals surface area (Å²) in [5.74, 6) is -0.670. The van der Waals surface area contributed by atoms with Crippen molar-refractivity contribution in [3.05, 3.63) is 34.7 Å². The van der Waals surface area contributed by atoms with Gasteiger partial charge in [-0.25, -0.2) is 24.4 Å². The van der Waals surface area contributed by atoms with E-state index in [2.05, 4.69) is 60.2 Å². The highest BCUT2D eigenvalue weighted by Crippen LogP contribution is 2.47. The number of anilines is 2. The number of aromatic nitrogens is 4. The molecule has 2 bridgehead atoms. The maximum Gasteiger partial charge on any atom is 0.434 e. The summed E-state index contributed by atoms with van der Waals surface area (Å²) in [4.78, 5) is 63.0. The monoisotopic (exact) mass is 918 g/mol. The number of piperidine rings is 1. The molecule has 2 saturated heterocycles. The SMILES string of the molecule is CC(=O)N(C(=O)O)N(C(=O)O)c1ccc(-c2cnn3c(N(COCC[Si](C)(C)C)COCC[Si](C)(C)C)c(Br)c(C4CC5CCC(C4)N5C(=O)OC(C)(C)C)nc23)cn1. The molecular weight excluding hydrogens is 861 g/mol. The molecule has 5 rings (SSSR count). The average molecular weight is 920 g/mol. The van der Waals surface area contributed by atoms with Gasteiger partial charge in [0.2, 0.25) is 5.91 Å². The van der Waals surface area contributed by atoms with Crippen LogP contribution in [0.25, 0.3) is 16.8 Å². The van der Waals surface area contributed by atoms with Gasteiger partial charge in [0, 0.05) is 71.6 Å². The third-order valence-electron chi connectivity index (χ3n) is 10.2. The number of amides is 4. The highest BCUT2D eigenvalue weighted by molar-refractivity contribution is 9.10. The fourth-order valence-electron chi connectivity index (χ4n) is 7.32. The van der Waals surface area contributed by atoms with Gasteiger partial charge in [-0.15, -0.1) is 5.01 Å². The van der Waals surface area contributed by atoms with Gasteiger partial charge in [-0.2, -0.15) is 14.6 Å². The Morgan fingerprint density at radius 2 is 1.47 bits per heavy atom. The summed E-state index contributed by atoms with van der Waals surface area (Å²) < 4.78 is 21.0. The Morgan fingerprint density at radius 3 is 1.93 bits per heavy atom. The highest BCUT2D eigenvalue weighted by atomic mass is 79.9. The van der Waals surface area contributed by atoms with Crippen molar-refractivity contribution >= 4 is 73.5 Å². The Balaban J connectivity index is 1.60. The number of hydrazine groups is 1. The van der Waals surface area contributed by atoms with Crippen molar-refractivity contribution in [1.29, 1.82) is 0 Å². The Labute approximate surface area is 356 Å². The van der Waals surface area contributed by atoms with Crippen LogP contribution in [0, 0.1) is 0 Å². The van der Waals surface area contributed by atoms with Gasteiger partial charge < -0.3 is 34.2 Å². The second kappa shape index (κ2) is 18.2. The fraction of sp³-hybridized carbons (Fsp3) is 0.615. The normalized spacial score (nSPS) is 18.2. The summed E-state index contributed by atoms with van der Waals surface area (Å²) >= 11 is 3.98. The molecule has 0 aromatic carbocycles. The minimum atomic E-state index is -1.77. The maximum absolute atomic E-state index is 13.4. The molecule has 59 heavy (non-hydrogen) atoms. The zero-order valence-electron chi connectivity index (χ0n) is 35.8. The van der Waals surface area contributed by atoms with Crippen LogP contribution in [0.1, 0.15) is 65.0 Å². The smallest absolute Gasteiger partial charge is 0.434 e. The predicted octanol–water partition coefficient (Wildman–Crippen LogP) is 8.56. The van der Waals surface area contributed by atoms with Crippen LogP contribution in [0.5, 0.6) is 0 Å². The van der Waals surface area contributed by atoms with Gasteiger partial charge >= 0.3 is 18.3 Å². The number of fused-ring (bicyclic) bond motifs is 3. The number of imide groups is 1. The first kappa shape index (κ1) is 46.0. The number of pyridine rings is 1. The molecule has 0 radical (unpaired) electrons. The standard InChI is InChI=1S/C39H59BrN8O9Si2/c1-25(49)47(36(50)51)48(37(52)53)31-14-11-26(21-41-31)30-22-42-46-34(30)43-33(27-19-28-12-13-29(20-27)45(28)38(54)57-39(2,3)4)32(40)35(46)44(23-55-15-17-58(5,6)7)24-56-16-18-59(8,9)10/h11,14,21-22,27-29H,12-13,15-20,23-24H2,1-10H3,(H,50,51)(H,52,53). The Kier molecular flexibility index (Phi) is 14.2. The first-order chi connectivity index (χ1) is 27.5. The molecule has 5 heterocycles. The summed E-state index contributed by atoms with van der Waals surface area (Å²) in [6.07, 6.45) is 2.35. The molecule has 2 fully saturated rings. The Hall–Kier alpha value is -4.12. The quantitative estimate of drug-likeness (QED) is 0.0677. The van der Waals surface area contributed by atoms with Crippen LogP contribution in [-0.2, 0) is 19.0 Å². The predicted molar refractivity (Wildman–Crippen MR) is 232 cm³/mol. The topological polar surface area (TPSA) is 192 Å². The molecule has 0 spiro atoms. The lowest BCUT2D eigenvalue weighted by molar-refractivity contribution is -0.127. The van der Waals surface area contributed by atoms with Crippen molar-refractivity contribution < 1.29 is 43.6 Å². The second-order valence-corrected chi connectivity index (χ2v) is 30.8. The molecule has 20 heteroatoms. The second-order valence-electron chi connectivity index (χ2n) is 18.7. The molecule has 17 nitrogen and oxygen atoms in total. The van der Waals surface area contributed by atoms with Crippen LogP contribution in [0.15, 0.2) is 29.0 Å². The van der Waals surface area contributed by atoms with Crippen LogP contribution in [-0.4, -0.2) is 124 Å². The summed E-state index contributed by atoms with van der Waals surface area (Å²) in [6.45, 7) is 22.0. The van der Waals surface area contributed by atoms with Crippen LogP contribution in [0.4, 0.5) is 26.0 Å². The first-order valence-corrected chi connectivity index (χ1v) is 28.2. The number of halogens is 1. The molecule has 324 valence electrons. The van der Waals surface area contributed by atoms with E-state index in [1.165, 1.54) is 12.3 Å². The number of nitrogens with zero attached hydrogens (tertiary/aromatic N) is 8. The lowest BCUT2D eigenvalue weighted by atomic mass is 9.88. The van der Waals surface area contributed by atoms with E-state index in [-0.39, 0.29) is 53.4 Å². The minimum absolute atomic E-state index is 0.0217. The number of hydrogen-bond donors (Lipinski definition) is 2. The lowest BCUT2D eigenvalue weighted by Gasteiger charge is -2.39. The molecule has 2 atom stereocenters. The summed E-state index contributed by atoms with van der Waals surface area (Å²) in [5.41, 5.74) is 1.78. The van der Waals surface area contributed by atoms with Gasteiger partial charge in [0.05, 0.1) is 16.4 Å². The van der Waals surface area contributed by atoms with E-state index in [1.54, 1.807) is 16.8 Å². The summed E-state index contributed by atoms with van der Waals surface area (Å²) in [7, 11) is -2.77. The van der Waals surface area contributed by atoms with E-state index in [0.717, 1.165) is 42.0 Å². The van der Waals surface area contributed by atoms with Crippen molar-refractivity contribution in [2.75, 3.05) is 36.6 Å². The molecule has 2 unspecified atom stereocenters.